The van der Waals surface area contributed by atoms with E-state index in [4.69, 9.17) is 9.26 Å². The lowest BCUT2D eigenvalue weighted by molar-refractivity contribution is 0.0600. The third kappa shape index (κ3) is 2.01. The van der Waals surface area contributed by atoms with Crippen LogP contribution in [-0.2, 0) is 4.74 Å². The molecule has 0 saturated carbocycles. The summed E-state index contributed by atoms with van der Waals surface area (Å²) in [4.78, 5) is 11.6. The second-order valence-electron chi connectivity index (χ2n) is 4.34. The maximum atomic E-state index is 11.6. The summed E-state index contributed by atoms with van der Waals surface area (Å²) in [6, 6.07) is 4.11. The Labute approximate surface area is 106 Å². The minimum absolute atomic E-state index is 0.354. The summed E-state index contributed by atoms with van der Waals surface area (Å²) in [6.45, 7) is 6.02. The lowest BCUT2D eigenvalue weighted by atomic mass is 9.95. The third-order valence-electron chi connectivity index (χ3n) is 2.89. The first-order valence-electron chi connectivity index (χ1n) is 5.65. The average molecular weight is 245 g/mol. The second kappa shape index (κ2) is 4.64. The molecule has 1 heterocycles. The van der Waals surface area contributed by atoms with E-state index in [1.54, 1.807) is 0 Å². The standard InChI is InChI=1S/C14H15NO3/c1-8-5-9(2)12(10(3)6-8)13-11(7-18-15-13)14(16)17-4/h5-7H,1-4H3. The van der Waals surface area contributed by atoms with E-state index in [0.29, 0.717) is 11.3 Å². The Kier molecular flexibility index (Phi) is 3.19. The molecule has 0 spiro atoms. The fraction of sp³-hybridized carbons (Fsp3) is 0.286. The number of methoxy groups -OCH3 is 1. The molecule has 2 aromatic rings. The smallest absolute Gasteiger partial charge is 0.343 e. The number of aromatic nitrogens is 1. The summed E-state index contributed by atoms with van der Waals surface area (Å²) in [7, 11) is 1.34. The fourth-order valence-electron chi connectivity index (χ4n) is 2.23. The van der Waals surface area contributed by atoms with Crippen molar-refractivity contribution in [2.45, 2.75) is 20.8 Å². The van der Waals surface area contributed by atoms with Gasteiger partial charge in [-0.1, -0.05) is 22.9 Å². The van der Waals surface area contributed by atoms with Crippen molar-refractivity contribution < 1.29 is 14.1 Å². The van der Waals surface area contributed by atoms with Crippen LogP contribution < -0.4 is 0 Å². The van der Waals surface area contributed by atoms with Gasteiger partial charge in [-0.3, -0.25) is 0 Å². The number of hydrogen-bond donors (Lipinski definition) is 0. The molecule has 4 nitrogen and oxygen atoms in total. The molecule has 94 valence electrons. The molecule has 0 bridgehead atoms. The quantitative estimate of drug-likeness (QED) is 0.763. The summed E-state index contributed by atoms with van der Waals surface area (Å²) in [6.07, 6.45) is 1.32. The predicted octanol–water partition coefficient (Wildman–Crippen LogP) is 3.05. The highest BCUT2D eigenvalue weighted by Crippen LogP contribution is 2.30. The van der Waals surface area contributed by atoms with Crippen molar-refractivity contribution in [2.75, 3.05) is 7.11 Å². The van der Waals surface area contributed by atoms with E-state index in [9.17, 15) is 4.79 Å². The van der Waals surface area contributed by atoms with E-state index < -0.39 is 5.97 Å². The van der Waals surface area contributed by atoms with Crippen molar-refractivity contribution >= 4 is 5.97 Å². The van der Waals surface area contributed by atoms with Crippen LogP contribution in [0.1, 0.15) is 27.0 Å². The molecule has 0 fully saturated rings. The molecule has 0 aliphatic rings. The van der Waals surface area contributed by atoms with Crippen molar-refractivity contribution in [3.05, 3.63) is 40.6 Å². The van der Waals surface area contributed by atoms with E-state index in [2.05, 4.69) is 17.3 Å². The molecule has 1 aromatic heterocycles. The average Bonchev–Trinajstić information content (AvgIpc) is 2.75. The second-order valence-corrected chi connectivity index (χ2v) is 4.34. The number of carbonyl (C=O) groups is 1. The lowest BCUT2D eigenvalue weighted by Gasteiger charge is -2.09. The van der Waals surface area contributed by atoms with Crippen molar-refractivity contribution in [2.24, 2.45) is 0 Å². The van der Waals surface area contributed by atoms with Crippen molar-refractivity contribution in [1.29, 1.82) is 0 Å². The number of rotatable bonds is 2. The zero-order valence-electron chi connectivity index (χ0n) is 10.9. The van der Waals surface area contributed by atoms with Gasteiger partial charge in [-0.05, 0) is 31.9 Å². The molecule has 0 radical (unpaired) electrons. The van der Waals surface area contributed by atoms with Crippen LogP contribution in [0.3, 0.4) is 0 Å². The van der Waals surface area contributed by atoms with Crippen molar-refractivity contribution in [3.8, 4) is 11.3 Å². The molecule has 1 aromatic carbocycles. The highest BCUT2D eigenvalue weighted by Gasteiger charge is 2.20. The van der Waals surface area contributed by atoms with E-state index in [1.165, 1.54) is 18.9 Å². The van der Waals surface area contributed by atoms with Crippen LogP contribution >= 0.6 is 0 Å². The lowest BCUT2D eigenvalue weighted by Crippen LogP contribution is -2.03. The van der Waals surface area contributed by atoms with Crippen molar-refractivity contribution in [1.82, 2.24) is 5.16 Å². The van der Waals surface area contributed by atoms with Gasteiger partial charge < -0.3 is 9.26 Å². The number of hydrogen-bond acceptors (Lipinski definition) is 4. The molecule has 0 amide bonds. The number of ether oxygens (including phenoxy) is 1. The topological polar surface area (TPSA) is 52.3 Å². The number of benzene rings is 1. The molecule has 0 atom stereocenters. The molecule has 4 heteroatoms. The number of esters is 1. The Balaban J connectivity index is 2.63. The summed E-state index contributed by atoms with van der Waals surface area (Å²) < 4.78 is 9.63. The number of carbonyl (C=O) groups excluding carboxylic acids is 1. The largest absolute Gasteiger partial charge is 0.465 e. The van der Waals surface area contributed by atoms with Crippen LogP contribution in [-0.4, -0.2) is 18.2 Å². The summed E-state index contributed by atoms with van der Waals surface area (Å²) in [5, 5.41) is 3.93. The van der Waals surface area contributed by atoms with Gasteiger partial charge in [0.25, 0.3) is 0 Å². The zero-order chi connectivity index (χ0) is 13.3. The Morgan fingerprint density at radius 2 is 1.83 bits per heavy atom. The first-order valence-corrected chi connectivity index (χ1v) is 5.65. The van der Waals surface area contributed by atoms with Gasteiger partial charge in [0.05, 0.1) is 7.11 Å². The number of nitrogens with zero attached hydrogens (tertiary/aromatic N) is 1. The molecule has 0 saturated heterocycles. The molecule has 0 unspecified atom stereocenters. The molecule has 2 rings (SSSR count). The zero-order valence-corrected chi connectivity index (χ0v) is 10.9. The highest BCUT2D eigenvalue weighted by molar-refractivity contribution is 5.96. The molecule has 0 N–H and O–H groups in total. The van der Waals surface area contributed by atoms with Crippen LogP contribution in [0.4, 0.5) is 0 Å². The van der Waals surface area contributed by atoms with E-state index in [-0.39, 0.29) is 0 Å². The first-order chi connectivity index (χ1) is 8.54. The van der Waals surface area contributed by atoms with Gasteiger partial charge in [-0.25, -0.2) is 4.79 Å². The monoisotopic (exact) mass is 245 g/mol. The van der Waals surface area contributed by atoms with Gasteiger partial charge in [-0.15, -0.1) is 0 Å². The summed E-state index contributed by atoms with van der Waals surface area (Å²) in [5.41, 5.74) is 5.12. The van der Waals surface area contributed by atoms with Crippen LogP contribution in [0, 0.1) is 20.8 Å². The van der Waals surface area contributed by atoms with E-state index in [1.807, 2.05) is 20.8 Å². The van der Waals surface area contributed by atoms with Crippen LogP contribution in [0.25, 0.3) is 11.3 Å². The van der Waals surface area contributed by atoms with Gasteiger partial charge in [0.15, 0.2) is 0 Å². The van der Waals surface area contributed by atoms with Gasteiger partial charge in [0.1, 0.15) is 17.5 Å². The van der Waals surface area contributed by atoms with Gasteiger partial charge in [0, 0.05) is 5.56 Å². The SMILES string of the molecule is COC(=O)c1conc1-c1c(C)cc(C)cc1C. The molecular weight excluding hydrogens is 230 g/mol. The maximum absolute atomic E-state index is 11.6. The fourth-order valence-corrected chi connectivity index (χ4v) is 2.23. The van der Waals surface area contributed by atoms with Crippen LogP contribution in [0.2, 0.25) is 0 Å². The predicted molar refractivity (Wildman–Crippen MR) is 67.5 cm³/mol. The minimum atomic E-state index is -0.439. The Bertz CT molecular complexity index is 576. The van der Waals surface area contributed by atoms with Gasteiger partial charge in [0.2, 0.25) is 0 Å². The molecule has 0 aliphatic carbocycles. The Morgan fingerprint density at radius 1 is 1.22 bits per heavy atom. The maximum Gasteiger partial charge on any atom is 0.343 e. The highest BCUT2D eigenvalue weighted by atomic mass is 16.5. The van der Waals surface area contributed by atoms with E-state index in [0.717, 1.165) is 16.7 Å². The minimum Gasteiger partial charge on any atom is -0.465 e. The van der Waals surface area contributed by atoms with Crippen LogP contribution in [0.5, 0.6) is 0 Å². The molecule has 18 heavy (non-hydrogen) atoms. The van der Waals surface area contributed by atoms with E-state index >= 15 is 0 Å². The summed E-state index contributed by atoms with van der Waals surface area (Å²) >= 11 is 0. The van der Waals surface area contributed by atoms with Crippen molar-refractivity contribution in [3.63, 3.8) is 0 Å². The third-order valence-corrected chi connectivity index (χ3v) is 2.89. The molecular formula is C14H15NO3. The van der Waals surface area contributed by atoms with Gasteiger partial charge in [-0.2, -0.15) is 0 Å². The van der Waals surface area contributed by atoms with Crippen LogP contribution in [0.15, 0.2) is 22.9 Å². The van der Waals surface area contributed by atoms with Gasteiger partial charge >= 0.3 is 5.97 Å². The Morgan fingerprint density at radius 3 is 2.39 bits per heavy atom. The first kappa shape index (κ1) is 12.4. The number of aryl methyl sites for hydroxylation is 3. The Hall–Kier alpha value is -2.10. The normalized spacial score (nSPS) is 10.4. The molecule has 0 aliphatic heterocycles. The summed E-state index contributed by atoms with van der Waals surface area (Å²) in [5.74, 6) is -0.439.